The zero-order valence-corrected chi connectivity index (χ0v) is 16.6. The van der Waals surface area contributed by atoms with Gasteiger partial charge in [0.15, 0.2) is 0 Å². The highest BCUT2D eigenvalue weighted by Crippen LogP contribution is 2.28. The number of likely N-dealkylation sites (tertiary alicyclic amines) is 1. The average Bonchev–Trinajstić information content (AvgIpc) is 3.43. The maximum Gasteiger partial charge on any atom is 0.257 e. The molecule has 3 atom stereocenters. The van der Waals surface area contributed by atoms with Gasteiger partial charge in [-0.3, -0.25) is 15.6 Å². The van der Waals surface area contributed by atoms with Gasteiger partial charge in [0.25, 0.3) is 5.91 Å². The molecule has 3 unspecified atom stereocenters. The van der Waals surface area contributed by atoms with Crippen molar-refractivity contribution in [3.8, 4) is 11.4 Å². The van der Waals surface area contributed by atoms with E-state index in [1.54, 1.807) is 24.2 Å². The molecule has 7 nitrogen and oxygen atoms in total. The van der Waals surface area contributed by atoms with Crippen molar-refractivity contribution in [2.24, 2.45) is 11.8 Å². The number of piperidine rings is 1. The quantitative estimate of drug-likeness (QED) is 0.829. The standard InChI is InChI=1S/C21H29N5O2/c1-3-15-11-22-24-20(15)16-7-6-10-25(13-16)21(27)17-12-23-26(14-17)18-8-4-5-9-19(18)28-2/h4-5,8-9,12,14-16,20,22,24H,3,6-7,10-11,13H2,1-2H3. The summed E-state index contributed by atoms with van der Waals surface area (Å²) in [5.41, 5.74) is 8.19. The number of amides is 1. The number of hydrogen-bond donors (Lipinski definition) is 2. The number of rotatable bonds is 5. The molecule has 1 amide bonds. The van der Waals surface area contributed by atoms with Crippen LogP contribution in [0.2, 0.25) is 0 Å². The number of carbonyl (C=O) groups excluding carboxylic acids is 1. The largest absolute Gasteiger partial charge is 0.494 e. The van der Waals surface area contributed by atoms with Crippen LogP contribution in [0, 0.1) is 11.8 Å². The number of ether oxygens (including phenoxy) is 1. The van der Waals surface area contributed by atoms with Crippen LogP contribution in [0.25, 0.3) is 5.69 Å². The van der Waals surface area contributed by atoms with Gasteiger partial charge < -0.3 is 9.64 Å². The van der Waals surface area contributed by atoms with Crippen LogP contribution in [-0.2, 0) is 0 Å². The summed E-state index contributed by atoms with van der Waals surface area (Å²) in [6.45, 7) is 4.86. The molecule has 0 aliphatic carbocycles. The summed E-state index contributed by atoms with van der Waals surface area (Å²) < 4.78 is 7.12. The Bertz CT molecular complexity index is 821. The van der Waals surface area contributed by atoms with Crippen molar-refractivity contribution in [3.05, 3.63) is 42.2 Å². The molecule has 2 aromatic rings. The Morgan fingerprint density at radius 1 is 1.36 bits per heavy atom. The number of para-hydroxylation sites is 2. The second-order valence-electron chi connectivity index (χ2n) is 7.72. The maximum atomic E-state index is 13.1. The highest BCUT2D eigenvalue weighted by atomic mass is 16.5. The molecule has 3 heterocycles. The third-order valence-corrected chi connectivity index (χ3v) is 6.08. The van der Waals surface area contributed by atoms with E-state index in [0.717, 1.165) is 43.9 Å². The molecule has 0 saturated carbocycles. The lowest BCUT2D eigenvalue weighted by molar-refractivity contribution is 0.0634. The van der Waals surface area contributed by atoms with Crippen LogP contribution >= 0.6 is 0 Å². The van der Waals surface area contributed by atoms with Gasteiger partial charge in [-0.05, 0) is 36.8 Å². The van der Waals surface area contributed by atoms with Gasteiger partial charge in [0.05, 0.1) is 18.9 Å². The van der Waals surface area contributed by atoms with Gasteiger partial charge in [-0.25, -0.2) is 4.68 Å². The Hall–Kier alpha value is -2.38. The molecule has 0 bridgehead atoms. The molecular formula is C21H29N5O2. The lowest BCUT2D eigenvalue weighted by Crippen LogP contribution is -2.48. The van der Waals surface area contributed by atoms with Gasteiger partial charge >= 0.3 is 0 Å². The zero-order valence-electron chi connectivity index (χ0n) is 16.6. The minimum atomic E-state index is 0.0600. The summed E-state index contributed by atoms with van der Waals surface area (Å²) in [6.07, 6.45) is 6.82. The minimum Gasteiger partial charge on any atom is -0.494 e. The summed E-state index contributed by atoms with van der Waals surface area (Å²) in [5, 5.41) is 4.40. The Kier molecular flexibility index (Phi) is 5.64. The van der Waals surface area contributed by atoms with Crippen LogP contribution in [0.4, 0.5) is 0 Å². The molecule has 4 rings (SSSR count). The first kappa shape index (κ1) is 19.0. The van der Waals surface area contributed by atoms with Crippen molar-refractivity contribution in [1.82, 2.24) is 25.5 Å². The molecule has 28 heavy (non-hydrogen) atoms. The van der Waals surface area contributed by atoms with E-state index in [1.807, 2.05) is 29.2 Å². The van der Waals surface area contributed by atoms with Gasteiger partial charge in [-0.15, -0.1) is 0 Å². The fourth-order valence-corrected chi connectivity index (χ4v) is 4.51. The molecule has 0 radical (unpaired) electrons. The van der Waals surface area contributed by atoms with E-state index in [9.17, 15) is 4.79 Å². The van der Waals surface area contributed by atoms with Crippen molar-refractivity contribution in [3.63, 3.8) is 0 Å². The number of carbonyl (C=O) groups is 1. The second kappa shape index (κ2) is 8.32. The smallest absolute Gasteiger partial charge is 0.257 e. The van der Waals surface area contributed by atoms with E-state index in [-0.39, 0.29) is 5.91 Å². The summed E-state index contributed by atoms with van der Waals surface area (Å²) in [4.78, 5) is 15.1. The number of benzene rings is 1. The molecule has 1 aromatic carbocycles. The summed E-state index contributed by atoms with van der Waals surface area (Å²) in [5.74, 6) is 1.91. The minimum absolute atomic E-state index is 0.0600. The normalized spacial score (nSPS) is 25.1. The Morgan fingerprint density at radius 3 is 3.04 bits per heavy atom. The number of nitrogens with zero attached hydrogens (tertiary/aromatic N) is 3. The van der Waals surface area contributed by atoms with Crippen LogP contribution in [0.3, 0.4) is 0 Å². The Labute approximate surface area is 166 Å². The first-order chi connectivity index (χ1) is 13.7. The SMILES string of the molecule is CCC1CNNC1C1CCCN(C(=O)c2cnn(-c3ccccc3OC)c2)C1. The fraction of sp³-hybridized carbons (Fsp3) is 0.524. The molecule has 2 N–H and O–H groups in total. The summed E-state index contributed by atoms with van der Waals surface area (Å²) >= 11 is 0. The van der Waals surface area contributed by atoms with Crippen LogP contribution in [0.15, 0.2) is 36.7 Å². The van der Waals surface area contributed by atoms with Crippen LogP contribution in [0.5, 0.6) is 5.75 Å². The first-order valence-electron chi connectivity index (χ1n) is 10.2. The van der Waals surface area contributed by atoms with Crippen LogP contribution in [0.1, 0.15) is 36.5 Å². The average molecular weight is 383 g/mol. The lowest BCUT2D eigenvalue weighted by Gasteiger charge is -2.37. The van der Waals surface area contributed by atoms with E-state index in [4.69, 9.17) is 4.74 Å². The second-order valence-corrected chi connectivity index (χ2v) is 7.72. The molecule has 2 fully saturated rings. The Morgan fingerprint density at radius 2 is 2.21 bits per heavy atom. The third-order valence-electron chi connectivity index (χ3n) is 6.08. The van der Waals surface area contributed by atoms with Crippen LogP contribution in [-0.4, -0.2) is 53.4 Å². The van der Waals surface area contributed by atoms with Crippen molar-refractivity contribution < 1.29 is 9.53 Å². The van der Waals surface area contributed by atoms with Gasteiger partial charge in [-0.1, -0.05) is 25.5 Å². The van der Waals surface area contributed by atoms with E-state index < -0.39 is 0 Å². The van der Waals surface area contributed by atoms with E-state index in [2.05, 4.69) is 22.9 Å². The maximum absolute atomic E-state index is 13.1. The molecule has 7 heteroatoms. The monoisotopic (exact) mass is 383 g/mol. The molecule has 150 valence electrons. The molecule has 2 saturated heterocycles. The number of hydrogen-bond acceptors (Lipinski definition) is 5. The van der Waals surface area contributed by atoms with Crippen LogP contribution < -0.4 is 15.6 Å². The highest BCUT2D eigenvalue weighted by molar-refractivity contribution is 5.94. The van der Waals surface area contributed by atoms with Gasteiger partial charge in [0.2, 0.25) is 0 Å². The summed E-state index contributed by atoms with van der Waals surface area (Å²) in [6, 6.07) is 8.11. The van der Waals surface area contributed by atoms with E-state index >= 15 is 0 Å². The molecule has 2 aliphatic rings. The predicted octanol–water partition coefficient (Wildman–Crippen LogP) is 2.24. The van der Waals surface area contributed by atoms with Crippen molar-refractivity contribution in [2.75, 3.05) is 26.7 Å². The number of nitrogens with one attached hydrogen (secondary N) is 2. The van der Waals surface area contributed by atoms with Gasteiger partial charge in [0, 0.05) is 31.9 Å². The first-order valence-corrected chi connectivity index (χ1v) is 10.2. The number of hydrazine groups is 1. The van der Waals surface area contributed by atoms with Crippen molar-refractivity contribution >= 4 is 5.91 Å². The number of methoxy groups -OCH3 is 1. The highest BCUT2D eigenvalue weighted by Gasteiger charge is 2.36. The molecule has 1 aromatic heterocycles. The van der Waals surface area contributed by atoms with Crippen molar-refractivity contribution in [2.45, 2.75) is 32.2 Å². The predicted molar refractivity (Wildman–Crippen MR) is 107 cm³/mol. The van der Waals surface area contributed by atoms with Gasteiger partial charge in [-0.2, -0.15) is 5.10 Å². The Balaban J connectivity index is 1.48. The van der Waals surface area contributed by atoms with Crippen molar-refractivity contribution in [1.29, 1.82) is 0 Å². The number of aromatic nitrogens is 2. The fourth-order valence-electron chi connectivity index (χ4n) is 4.51. The van der Waals surface area contributed by atoms with E-state index in [1.165, 1.54) is 6.42 Å². The zero-order chi connectivity index (χ0) is 19.5. The molecular weight excluding hydrogens is 354 g/mol. The molecule has 0 spiro atoms. The third kappa shape index (κ3) is 3.64. The molecule has 2 aliphatic heterocycles. The van der Waals surface area contributed by atoms with E-state index in [0.29, 0.717) is 23.4 Å². The topological polar surface area (TPSA) is 71.4 Å². The lowest BCUT2D eigenvalue weighted by atomic mass is 9.83. The summed E-state index contributed by atoms with van der Waals surface area (Å²) in [7, 11) is 1.64. The van der Waals surface area contributed by atoms with Gasteiger partial charge in [0.1, 0.15) is 11.4 Å².